The molecule has 2 N–H and O–H groups in total. The van der Waals surface area contributed by atoms with Crippen LogP contribution in [0.3, 0.4) is 0 Å². The molecule has 2 aliphatic heterocycles. The third-order valence-electron chi connectivity index (χ3n) is 4.92. The number of ether oxygens (including phenoxy) is 2. The lowest BCUT2D eigenvalue weighted by Crippen LogP contribution is -2.41. The first-order valence-corrected chi connectivity index (χ1v) is 10.5. The highest BCUT2D eigenvalue weighted by Crippen LogP contribution is 2.15. The van der Waals surface area contributed by atoms with Crippen LogP contribution in [0, 0.1) is 0 Å². The zero-order valence-electron chi connectivity index (χ0n) is 15.4. The molecule has 2 saturated heterocycles. The van der Waals surface area contributed by atoms with Gasteiger partial charge in [0.25, 0.3) is 0 Å². The van der Waals surface area contributed by atoms with Crippen molar-refractivity contribution in [2.75, 3.05) is 45.0 Å². The molecule has 7 heteroatoms. The Kier molecular flexibility index (Phi) is 7.61. The van der Waals surface area contributed by atoms with Crippen LogP contribution in [-0.4, -0.2) is 67.9 Å². The van der Waals surface area contributed by atoms with E-state index in [1.807, 2.05) is 24.3 Å². The van der Waals surface area contributed by atoms with Crippen LogP contribution in [0.1, 0.15) is 18.4 Å². The lowest BCUT2D eigenvalue weighted by atomic mass is 10.1. The van der Waals surface area contributed by atoms with Gasteiger partial charge in [-0.15, -0.1) is 11.8 Å². The van der Waals surface area contributed by atoms with Crippen molar-refractivity contribution < 1.29 is 14.3 Å². The Morgan fingerprint density at radius 3 is 3.04 bits per heavy atom. The molecule has 1 unspecified atom stereocenters. The molecule has 2 heterocycles. The van der Waals surface area contributed by atoms with E-state index in [2.05, 4.69) is 22.6 Å². The van der Waals surface area contributed by atoms with Gasteiger partial charge in [0.2, 0.25) is 5.91 Å². The van der Waals surface area contributed by atoms with Gasteiger partial charge in [0.1, 0.15) is 12.4 Å². The van der Waals surface area contributed by atoms with E-state index in [1.54, 1.807) is 11.8 Å². The monoisotopic (exact) mass is 379 g/mol. The SMILES string of the molecule is CN(CCOc1cccc(CNC(=O)C2CSCN2)c1)C1CCOCC1. The largest absolute Gasteiger partial charge is 0.492 e. The molecule has 0 saturated carbocycles. The normalized spacial score (nSPS) is 21.1. The average molecular weight is 380 g/mol. The van der Waals surface area contributed by atoms with Crippen molar-refractivity contribution in [2.24, 2.45) is 0 Å². The molecule has 1 aromatic rings. The lowest BCUT2D eigenvalue weighted by molar-refractivity contribution is -0.122. The number of amides is 1. The third-order valence-corrected chi connectivity index (χ3v) is 5.86. The van der Waals surface area contributed by atoms with Crippen LogP contribution in [0.4, 0.5) is 0 Å². The smallest absolute Gasteiger partial charge is 0.238 e. The Labute approximate surface area is 160 Å². The number of nitrogens with zero attached hydrogens (tertiary/aromatic N) is 1. The van der Waals surface area contributed by atoms with Crippen molar-refractivity contribution in [1.29, 1.82) is 0 Å². The van der Waals surface area contributed by atoms with Gasteiger partial charge in [-0.25, -0.2) is 0 Å². The maximum absolute atomic E-state index is 12.1. The van der Waals surface area contributed by atoms with Gasteiger partial charge in [0.05, 0.1) is 6.04 Å². The third kappa shape index (κ3) is 5.87. The molecule has 0 aliphatic carbocycles. The van der Waals surface area contributed by atoms with E-state index in [1.165, 1.54) is 0 Å². The number of nitrogens with one attached hydrogen (secondary N) is 2. The number of rotatable bonds is 8. The Hall–Kier alpha value is -1.28. The van der Waals surface area contributed by atoms with E-state index in [9.17, 15) is 4.79 Å². The zero-order chi connectivity index (χ0) is 18.2. The molecule has 6 nitrogen and oxygen atoms in total. The predicted molar refractivity (Wildman–Crippen MR) is 105 cm³/mol. The summed E-state index contributed by atoms with van der Waals surface area (Å²) in [6.07, 6.45) is 2.19. The minimum atomic E-state index is -0.0693. The van der Waals surface area contributed by atoms with Crippen LogP contribution in [0.15, 0.2) is 24.3 Å². The van der Waals surface area contributed by atoms with Crippen molar-refractivity contribution in [3.05, 3.63) is 29.8 Å². The number of hydrogen-bond acceptors (Lipinski definition) is 6. The number of hydrogen-bond donors (Lipinski definition) is 2. The van der Waals surface area contributed by atoms with Crippen LogP contribution in [-0.2, 0) is 16.1 Å². The fourth-order valence-corrected chi connectivity index (χ4v) is 4.18. The van der Waals surface area contributed by atoms with Crippen LogP contribution >= 0.6 is 11.8 Å². The van der Waals surface area contributed by atoms with E-state index >= 15 is 0 Å². The number of thioether (sulfide) groups is 1. The van der Waals surface area contributed by atoms with E-state index in [0.29, 0.717) is 19.2 Å². The summed E-state index contributed by atoms with van der Waals surface area (Å²) in [7, 11) is 2.15. The molecule has 144 valence electrons. The quantitative estimate of drug-likeness (QED) is 0.713. The van der Waals surface area contributed by atoms with Gasteiger partial charge in [-0.1, -0.05) is 12.1 Å². The molecule has 1 atom stereocenters. The Morgan fingerprint density at radius 1 is 1.42 bits per heavy atom. The average Bonchev–Trinajstić information content (AvgIpc) is 3.22. The molecule has 0 radical (unpaired) electrons. The molecular weight excluding hydrogens is 350 g/mol. The van der Waals surface area contributed by atoms with Crippen LogP contribution in [0.5, 0.6) is 5.75 Å². The van der Waals surface area contributed by atoms with Crippen molar-refractivity contribution >= 4 is 17.7 Å². The molecule has 0 bridgehead atoms. The molecule has 1 aromatic carbocycles. The Morgan fingerprint density at radius 2 is 2.27 bits per heavy atom. The van der Waals surface area contributed by atoms with E-state index < -0.39 is 0 Å². The van der Waals surface area contributed by atoms with E-state index in [0.717, 1.165) is 55.5 Å². The molecule has 2 fully saturated rings. The zero-order valence-corrected chi connectivity index (χ0v) is 16.2. The summed E-state index contributed by atoms with van der Waals surface area (Å²) in [6.45, 7) is 3.81. The van der Waals surface area contributed by atoms with Gasteiger partial charge < -0.3 is 14.8 Å². The summed E-state index contributed by atoms with van der Waals surface area (Å²) >= 11 is 1.75. The standard InChI is InChI=1S/C19H29N3O3S/c1-22(16-5-8-24-9-6-16)7-10-25-17-4-2-3-15(11-17)12-20-19(23)18-13-26-14-21-18/h2-4,11,16,18,21H,5-10,12-14H2,1H3,(H,20,23). The summed E-state index contributed by atoms with van der Waals surface area (Å²) in [4.78, 5) is 14.4. The number of carbonyl (C=O) groups excluding carboxylic acids is 1. The summed E-state index contributed by atoms with van der Waals surface area (Å²) in [6, 6.07) is 8.48. The lowest BCUT2D eigenvalue weighted by Gasteiger charge is -2.31. The molecule has 2 aliphatic rings. The van der Waals surface area contributed by atoms with Crippen molar-refractivity contribution in [3.63, 3.8) is 0 Å². The van der Waals surface area contributed by atoms with Crippen molar-refractivity contribution in [1.82, 2.24) is 15.5 Å². The Balaban J connectivity index is 1.39. The fraction of sp³-hybridized carbons (Fsp3) is 0.632. The van der Waals surface area contributed by atoms with Gasteiger partial charge in [-0.2, -0.15) is 0 Å². The number of likely N-dealkylation sites (N-methyl/N-ethyl adjacent to an activating group) is 1. The molecule has 0 aromatic heterocycles. The summed E-state index contributed by atoms with van der Waals surface area (Å²) in [5.41, 5.74) is 1.05. The van der Waals surface area contributed by atoms with Crippen LogP contribution < -0.4 is 15.4 Å². The molecule has 0 spiro atoms. The van der Waals surface area contributed by atoms with Crippen molar-refractivity contribution in [2.45, 2.75) is 31.5 Å². The van der Waals surface area contributed by atoms with Crippen LogP contribution in [0.25, 0.3) is 0 Å². The van der Waals surface area contributed by atoms with Gasteiger partial charge >= 0.3 is 0 Å². The molecule has 26 heavy (non-hydrogen) atoms. The highest BCUT2D eigenvalue weighted by atomic mass is 32.2. The fourth-order valence-electron chi connectivity index (χ4n) is 3.24. The minimum Gasteiger partial charge on any atom is -0.492 e. The number of carbonyl (C=O) groups is 1. The predicted octanol–water partition coefficient (Wildman–Crippen LogP) is 1.45. The van der Waals surface area contributed by atoms with Crippen LogP contribution in [0.2, 0.25) is 0 Å². The maximum atomic E-state index is 12.1. The highest BCUT2D eigenvalue weighted by molar-refractivity contribution is 7.99. The Bertz CT molecular complexity index is 575. The first-order valence-electron chi connectivity index (χ1n) is 9.31. The molecular formula is C19H29N3O3S. The van der Waals surface area contributed by atoms with Gasteiger partial charge in [-0.05, 0) is 37.6 Å². The first kappa shape index (κ1) is 19.5. The van der Waals surface area contributed by atoms with Gasteiger partial charge in [0, 0.05) is 44.0 Å². The van der Waals surface area contributed by atoms with Crippen molar-refractivity contribution in [3.8, 4) is 5.75 Å². The second-order valence-electron chi connectivity index (χ2n) is 6.81. The number of benzene rings is 1. The second-order valence-corrected chi connectivity index (χ2v) is 7.84. The van der Waals surface area contributed by atoms with Gasteiger partial charge in [0.15, 0.2) is 0 Å². The summed E-state index contributed by atoms with van der Waals surface area (Å²) in [5, 5.41) is 6.18. The summed E-state index contributed by atoms with van der Waals surface area (Å²) < 4.78 is 11.3. The maximum Gasteiger partial charge on any atom is 0.238 e. The molecule has 3 rings (SSSR count). The van der Waals surface area contributed by atoms with E-state index in [-0.39, 0.29) is 11.9 Å². The second kappa shape index (κ2) is 10.2. The minimum absolute atomic E-state index is 0.0689. The summed E-state index contributed by atoms with van der Waals surface area (Å²) in [5.74, 6) is 2.62. The topological polar surface area (TPSA) is 62.8 Å². The molecule has 1 amide bonds. The highest BCUT2D eigenvalue weighted by Gasteiger charge is 2.22. The van der Waals surface area contributed by atoms with Gasteiger partial charge in [-0.3, -0.25) is 15.0 Å². The van der Waals surface area contributed by atoms with E-state index in [4.69, 9.17) is 9.47 Å². The first-order chi connectivity index (χ1) is 12.7.